The van der Waals surface area contributed by atoms with Crippen LogP contribution in [-0.2, 0) is 24.3 Å². The third kappa shape index (κ3) is 4.88. The number of hydrogen-bond acceptors (Lipinski definition) is 10. The lowest BCUT2D eigenvalue weighted by molar-refractivity contribution is -0.114. The number of benzene rings is 2. The summed E-state index contributed by atoms with van der Waals surface area (Å²) in [5.74, 6) is 1.53. The number of fused-ring (bicyclic) bond motifs is 2. The highest BCUT2D eigenvalue weighted by Crippen LogP contribution is 2.36. The minimum Gasteiger partial charge on any atom is -0.454 e. The van der Waals surface area contributed by atoms with Crippen LogP contribution in [0, 0.1) is 0 Å². The van der Waals surface area contributed by atoms with Crippen LogP contribution in [0.2, 0.25) is 0 Å². The molecule has 4 heterocycles. The molecule has 4 atom stereocenters. The van der Waals surface area contributed by atoms with Gasteiger partial charge in [-0.3, -0.25) is 4.79 Å². The summed E-state index contributed by atoms with van der Waals surface area (Å²) in [7, 11) is -3.83. The van der Waals surface area contributed by atoms with Gasteiger partial charge in [-0.1, -0.05) is 0 Å². The standard InChI is InChI=1S/C25H25N5O7S/c1-14(31)27-16-3-5-17(6-4-16)38(32,33)30-20-12-35-23-19(11-34-24(20)23)29-25-26-9-8-18(28-25)15-2-7-21-22(10-15)37-13-36-21/h2-10,19-20,23-24,30H,11-13H2,1H3,(H,27,31)(H,26,28,29). The molecule has 1 amide bonds. The number of carbonyl (C=O) groups excluding carboxylic acids is 1. The minimum absolute atomic E-state index is 0.0801. The van der Waals surface area contributed by atoms with Crippen LogP contribution in [0.1, 0.15) is 6.92 Å². The highest BCUT2D eigenvalue weighted by atomic mass is 32.2. The van der Waals surface area contributed by atoms with Crippen LogP contribution in [0.4, 0.5) is 11.6 Å². The molecule has 0 spiro atoms. The molecule has 13 heteroatoms. The molecule has 38 heavy (non-hydrogen) atoms. The van der Waals surface area contributed by atoms with E-state index in [-0.39, 0.29) is 36.3 Å². The number of sulfonamides is 1. The summed E-state index contributed by atoms with van der Waals surface area (Å²) in [4.78, 5) is 20.2. The van der Waals surface area contributed by atoms with Crippen molar-refractivity contribution in [3.8, 4) is 22.8 Å². The lowest BCUT2D eigenvalue weighted by Gasteiger charge is -2.18. The van der Waals surface area contributed by atoms with Crippen molar-refractivity contribution in [3.05, 3.63) is 54.7 Å². The van der Waals surface area contributed by atoms with Gasteiger partial charge < -0.3 is 29.6 Å². The van der Waals surface area contributed by atoms with Gasteiger partial charge in [0.2, 0.25) is 28.7 Å². The number of hydrogen-bond donors (Lipinski definition) is 3. The Morgan fingerprint density at radius 2 is 1.68 bits per heavy atom. The SMILES string of the molecule is CC(=O)Nc1ccc(S(=O)(=O)NC2COC3C(Nc4nccc(-c5ccc6c(c5)OCO6)n4)COC23)cc1. The fourth-order valence-corrected chi connectivity index (χ4v) is 5.95. The summed E-state index contributed by atoms with van der Waals surface area (Å²) in [5.41, 5.74) is 2.08. The molecule has 0 aliphatic carbocycles. The molecule has 198 valence electrons. The Bertz CT molecular complexity index is 1470. The largest absolute Gasteiger partial charge is 0.454 e. The second-order valence-corrected chi connectivity index (χ2v) is 10.8. The summed E-state index contributed by atoms with van der Waals surface area (Å²) in [5, 5.41) is 5.88. The molecule has 1 aromatic heterocycles. The van der Waals surface area contributed by atoms with Gasteiger partial charge in [0.15, 0.2) is 11.5 Å². The summed E-state index contributed by atoms with van der Waals surface area (Å²) in [6.45, 7) is 2.04. The number of carbonyl (C=O) groups is 1. The van der Waals surface area contributed by atoms with Crippen LogP contribution in [-0.4, -0.2) is 68.6 Å². The number of aromatic nitrogens is 2. The summed E-state index contributed by atoms with van der Waals surface area (Å²) >= 11 is 0. The lowest BCUT2D eigenvalue weighted by atomic mass is 10.1. The fraction of sp³-hybridized carbons (Fsp3) is 0.320. The number of ether oxygens (including phenoxy) is 4. The number of rotatable bonds is 7. The zero-order valence-electron chi connectivity index (χ0n) is 20.3. The summed E-state index contributed by atoms with van der Waals surface area (Å²) in [6, 6.07) is 12.5. The van der Waals surface area contributed by atoms with Gasteiger partial charge in [-0.2, -0.15) is 0 Å². The Hall–Kier alpha value is -3.78. The van der Waals surface area contributed by atoms with Crippen molar-refractivity contribution in [2.45, 2.75) is 36.1 Å². The van der Waals surface area contributed by atoms with Gasteiger partial charge in [-0.05, 0) is 48.5 Å². The van der Waals surface area contributed by atoms with Crippen LogP contribution in [0.3, 0.4) is 0 Å². The molecule has 6 rings (SSSR count). The third-order valence-electron chi connectivity index (χ3n) is 6.48. The molecule has 2 saturated heterocycles. The summed E-state index contributed by atoms with van der Waals surface area (Å²) < 4.78 is 51.3. The van der Waals surface area contributed by atoms with Gasteiger partial charge in [0.05, 0.1) is 35.9 Å². The van der Waals surface area contributed by atoms with Gasteiger partial charge >= 0.3 is 0 Å². The van der Waals surface area contributed by atoms with Crippen molar-refractivity contribution >= 4 is 27.6 Å². The average Bonchev–Trinajstić information content (AvgIpc) is 3.62. The van der Waals surface area contributed by atoms with E-state index in [2.05, 4.69) is 25.3 Å². The lowest BCUT2D eigenvalue weighted by Crippen LogP contribution is -2.44. The van der Waals surface area contributed by atoms with Crippen LogP contribution >= 0.6 is 0 Å². The molecule has 3 aromatic rings. The van der Waals surface area contributed by atoms with E-state index in [1.807, 2.05) is 18.2 Å². The Morgan fingerprint density at radius 1 is 0.947 bits per heavy atom. The molecular weight excluding hydrogens is 514 g/mol. The number of nitrogens with zero attached hydrogens (tertiary/aromatic N) is 2. The quantitative estimate of drug-likeness (QED) is 0.405. The molecule has 3 aliphatic rings. The minimum atomic E-state index is -3.83. The number of anilines is 2. The van der Waals surface area contributed by atoms with E-state index in [0.717, 1.165) is 5.56 Å². The molecule has 0 saturated carbocycles. The zero-order chi connectivity index (χ0) is 26.3. The second kappa shape index (κ2) is 9.83. The van der Waals surface area contributed by atoms with Crippen LogP contribution in [0.25, 0.3) is 11.3 Å². The first-order valence-corrected chi connectivity index (χ1v) is 13.5. The van der Waals surface area contributed by atoms with Gasteiger partial charge in [0.25, 0.3) is 0 Å². The van der Waals surface area contributed by atoms with E-state index in [1.165, 1.54) is 31.2 Å². The normalized spacial score (nSPS) is 23.7. The van der Waals surface area contributed by atoms with Crippen LogP contribution in [0.5, 0.6) is 11.5 Å². The molecular formula is C25H25N5O7S. The van der Waals surface area contributed by atoms with E-state index >= 15 is 0 Å². The molecule has 12 nitrogen and oxygen atoms in total. The highest BCUT2D eigenvalue weighted by molar-refractivity contribution is 7.89. The van der Waals surface area contributed by atoms with Crippen LogP contribution in [0.15, 0.2) is 59.6 Å². The molecule has 4 unspecified atom stereocenters. The predicted molar refractivity (Wildman–Crippen MR) is 135 cm³/mol. The highest BCUT2D eigenvalue weighted by Gasteiger charge is 2.49. The van der Waals surface area contributed by atoms with E-state index in [4.69, 9.17) is 18.9 Å². The molecule has 3 N–H and O–H groups in total. The Morgan fingerprint density at radius 3 is 2.47 bits per heavy atom. The van der Waals surface area contributed by atoms with E-state index in [0.29, 0.717) is 35.4 Å². The Kier molecular flexibility index (Phi) is 6.35. The van der Waals surface area contributed by atoms with E-state index in [9.17, 15) is 13.2 Å². The first kappa shape index (κ1) is 24.6. The van der Waals surface area contributed by atoms with Crippen molar-refractivity contribution in [1.82, 2.24) is 14.7 Å². The van der Waals surface area contributed by atoms with E-state index < -0.39 is 22.2 Å². The maximum absolute atomic E-state index is 13.0. The van der Waals surface area contributed by atoms with Crippen molar-refractivity contribution < 1.29 is 32.2 Å². The average molecular weight is 540 g/mol. The number of amides is 1. The smallest absolute Gasteiger partial charge is 0.240 e. The van der Waals surface area contributed by atoms with Gasteiger partial charge in [0, 0.05) is 24.4 Å². The monoisotopic (exact) mass is 539 g/mol. The third-order valence-corrected chi connectivity index (χ3v) is 7.99. The first-order chi connectivity index (χ1) is 18.4. The van der Waals surface area contributed by atoms with Gasteiger partial charge in [-0.15, -0.1) is 0 Å². The van der Waals surface area contributed by atoms with Crippen molar-refractivity contribution in [2.24, 2.45) is 0 Å². The number of nitrogens with one attached hydrogen (secondary N) is 3. The maximum Gasteiger partial charge on any atom is 0.240 e. The molecule has 2 aromatic carbocycles. The molecule has 2 fully saturated rings. The first-order valence-electron chi connectivity index (χ1n) is 12.0. The second-order valence-electron chi connectivity index (χ2n) is 9.11. The molecule has 0 bridgehead atoms. The topological polar surface area (TPSA) is 150 Å². The van der Waals surface area contributed by atoms with Gasteiger partial charge in [0.1, 0.15) is 12.2 Å². The Balaban J connectivity index is 1.11. The molecule has 0 radical (unpaired) electrons. The van der Waals surface area contributed by atoms with Crippen molar-refractivity contribution in [3.63, 3.8) is 0 Å². The fourth-order valence-electron chi connectivity index (χ4n) is 4.72. The van der Waals surface area contributed by atoms with Crippen LogP contribution < -0.4 is 24.8 Å². The maximum atomic E-state index is 13.0. The predicted octanol–water partition coefficient (Wildman–Crippen LogP) is 1.76. The summed E-state index contributed by atoms with van der Waals surface area (Å²) in [6.07, 6.45) is 0.798. The molecule has 3 aliphatic heterocycles. The van der Waals surface area contributed by atoms with Crippen molar-refractivity contribution in [1.29, 1.82) is 0 Å². The Labute approximate surface area is 218 Å². The van der Waals surface area contributed by atoms with Gasteiger partial charge in [-0.25, -0.2) is 23.1 Å². The van der Waals surface area contributed by atoms with Crippen molar-refractivity contribution in [2.75, 3.05) is 30.6 Å². The zero-order valence-corrected chi connectivity index (χ0v) is 21.1. The van der Waals surface area contributed by atoms with E-state index in [1.54, 1.807) is 12.3 Å².